The summed E-state index contributed by atoms with van der Waals surface area (Å²) >= 11 is 0. The third-order valence-electron chi connectivity index (χ3n) is 4.53. The number of hydrogen-bond acceptors (Lipinski definition) is 4. The molecule has 6 nitrogen and oxygen atoms in total. The molecular formula is C22H29FIN3O3. The summed E-state index contributed by atoms with van der Waals surface area (Å²) in [6, 6.07) is 12.3. The molecule has 1 atom stereocenters. The number of nitrogens with zero attached hydrogens (tertiary/aromatic N) is 1. The van der Waals surface area contributed by atoms with Gasteiger partial charge in [0.1, 0.15) is 30.0 Å². The van der Waals surface area contributed by atoms with Gasteiger partial charge in [0.25, 0.3) is 0 Å². The van der Waals surface area contributed by atoms with Crippen molar-refractivity contribution in [1.29, 1.82) is 0 Å². The Bertz CT molecular complexity index is 829. The number of benzene rings is 2. The maximum Gasteiger partial charge on any atom is 0.191 e. The Morgan fingerprint density at radius 1 is 1.23 bits per heavy atom. The fraction of sp³-hybridized carbons (Fsp3) is 0.409. The SMILES string of the molecule is CN=C(NCCOc1cccc(F)c1)NCc1ccc(C)cc1OC1CCOC1.I. The molecule has 164 valence electrons. The minimum absolute atomic E-state index is 0. The molecule has 0 spiro atoms. The first-order valence-electron chi connectivity index (χ1n) is 9.81. The van der Waals surface area contributed by atoms with E-state index in [-0.39, 0.29) is 35.9 Å². The lowest BCUT2D eigenvalue weighted by Crippen LogP contribution is -2.39. The van der Waals surface area contributed by atoms with Crippen molar-refractivity contribution in [2.75, 3.05) is 33.4 Å². The predicted molar refractivity (Wildman–Crippen MR) is 127 cm³/mol. The number of guanidine groups is 1. The molecule has 2 N–H and O–H groups in total. The van der Waals surface area contributed by atoms with Gasteiger partial charge < -0.3 is 24.8 Å². The highest BCUT2D eigenvalue weighted by Crippen LogP contribution is 2.23. The third kappa shape index (κ3) is 7.64. The first-order valence-corrected chi connectivity index (χ1v) is 9.81. The molecule has 0 aliphatic carbocycles. The second-order valence-corrected chi connectivity index (χ2v) is 6.87. The number of rotatable bonds is 8. The number of ether oxygens (including phenoxy) is 3. The van der Waals surface area contributed by atoms with Gasteiger partial charge >= 0.3 is 0 Å². The zero-order chi connectivity index (χ0) is 20.5. The fourth-order valence-electron chi connectivity index (χ4n) is 3.00. The molecule has 1 heterocycles. The Labute approximate surface area is 194 Å². The van der Waals surface area contributed by atoms with Crippen LogP contribution in [-0.2, 0) is 11.3 Å². The largest absolute Gasteiger partial charge is 0.492 e. The molecule has 2 aromatic carbocycles. The molecular weight excluding hydrogens is 500 g/mol. The van der Waals surface area contributed by atoms with Crippen molar-refractivity contribution in [2.45, 2.75) is 26.0 Å². The van der Waals surface area contributed by atoms with Gasteiger partial charge in [-0.15, -0.1) is 24.0 Å². The fourth-order valence-corrected chi connectivity index (χ4v) is 3.00. The molecule has 0 aromatic heterocycles. The van der Waals surface area contributed by atoms with Gasteiger partial charge in [0.2, 0.25) is 0 Å². The van der Waals surface area contributed by atoms with Gasteiger partial charge in [-0.05, 0) is 30.7 Å². The molecule has 1 aliphatic heterocycles. The smallest absolute Gasteiger partial charge is 0.191 e. The van der Waals surface area contributed by atoms with Crippen LogP contribution in [0.2, 0.25) is 0 Å². The van der Waals surface area contributed by atoms with E-state index in [9.17, 15) is 4.39 Å². The number of aryl methyl sites for hydroxylation is 1. The Balaban J connectivity index is 0.00000320. The van der Waals surface area contributed by atoms with Crippen LogP contribution in [0.4, 0.5) is 4.39 Å². The molecule has 1 saturated heterocycles. The van der Waals surface area contributed by atoms with E-state index >= 15 is 0 Å². The van der Waals surface area contributed by atoms with Crippen molar-refractivity contribution in [1.82, 2.24) is 10.6 Å². The van der Waals surface area contributed by atoms with Crippen LogP contribution < -0.4 is 20.1 Å². The maximum atomic E-state index is 13.2. The topological polar surface area (TPSA) is 64.1 Å². The molecule has 0 radical (unpaired) electrons. The molecule has 3 rings (SSSR count). The molecule has 0 bridgehead atoms. The molecule has 8 heteroatoms. The molecule has 0 saturated carbocycles. The van der Waals surface area contributed by atoms with E-state index in [2.05, 4.69) is 33.8 Å². The van der Waals surface area contributed by atoms with E-state index in [0.29, 0.717) is 38.0 Å². The summed E-state index contributed by atoms with van der Waals surface area (Å²) in [5.41, 5.74) is 2.21. The summed E-state index contributed by atoms with van der Waals surface area (Å²) in [6.07, 6.45) is 1.02. The van der Waals surface area contributed by atoms with Gasteiger partial charge in [0, 0.05) is 31.6 Å². The Morgan fingerprint density at radius 3 is 2.83 bits per heavy atom. The number of aliphatic imine (C=N–C) groups is 1. The molecule has 1 unspecified atom stereocenters. The van der Waals surface area contributed by atoms with E-state index in [1.54, 1.807) is 19.2 Å². The molecule has 2 aromatic rings. The Hall–Kier alpha value is -2.07. The highest BCUT2D eigenvalue weighted by molar-refractivity contribution is 14.0. The summed E-state index contributed by atoms with van der Waals surface area (Å²) in [6.45, 7) is 4.94. The van der Waals surface area contributed by atoms with Crippen molar-refractivity contribution < 1.29 is 18.6 Å². The van der Waals surface area contributed by atoms with E-state index in [1.807, 2.05) is 6.92 Å². The zero-order valence-electron chi connectivity index (χ0n) is 17.3. The average molecular weight is 529 g/mol. The summed E-state index contributed by atoms with van der Waals surface area (Å²) in [5.74, 6) is 1.72. The minimum Gasteiger partial charge on any atom is -0.492 e. The lowest BCUT2D eigenvalue weighted by molar-refractivity contribution is 0.140. The van der Waals surface area contributed by atoms with Crippen LogP contribution in [-0.4, -0.2) is 45.5 Å². The summed E-state index contributed by atoms with van der Waals surface area (Å²) < 4.78 is 30.2. The minimum atomic E-state index is -0.312. The number of halogens is 2. The van der Waals surface area contributed by atoms with Crippen LogP contribution in [0.25, 0.3) is 0 Å². The third-order valence-corrected chi connectivity index (χ3v) is 4.53. The lowest BCUT2D eigenvalue weighted by Gasteiger charge is -2.18. The highest BCUT2D eigenvalue weighted by Gasteiger charge is 2.18. The summed E-state index contributed by atoms with van der Waals surface area (Å²) in [4.78, 5) is 4.23. The van der Waals surface area contributed by atoms with E-state index in [0.717, 1.165) is 29.9 Å². The first-order chi connectivity index (χ1) is 14.1. The van der Waals surface area contributed by atoms with E-state index < -0.39 is 0 Å². The molecule has 1 fully saturated rings. The monoisotopic (exact) mass is 529 g/mol. The van der Waals surface area contributed by atoms with Gasteiger partial charge in [-0.3, -0.25) is 4.99 Å². The maximum absolute atomic E-state index is 13.2. The van der Waals surface area contributed by atoms with Crippen LogP contribution in [0.15, 0.2) is 47.5 Å². The average Bonchev–Trinajstić information content (AvgIpc) is 3.22. The van der Waals surface area contributed by atoms with Crippen molar-refractivity contribution in [2.24, 2.45) is 4.99 Å². The number of hydrogen-bond donors (Lipinski definition) is 2. The molecule has 0 amide bonds. The molecule has 30 heavy (non-hydrogen) atoms. The van der Waals surface area contributed by atoms with Crippen molar-refractivity contribution in [3.05, 3.63) is 59.4 Å². The number of nitrogens with one attached hydrogen (secondary N) is 2. The summed E-state index contributed by atoms with van der Waals surface area (Å²) in [7, 11) is 1.71. The standard InChI is InChI=1S/C22H28FN3O3.HI/c1-16-6-7-17(21(12-16)29-20-8-10-27-15-20)14-26-22(24-2)25-9-11-28-19-5-3-4-18(23)13-19;/h3-7,12-13,20H,8-11,14-15H2,1-2H3,(H2,24,25,26);1H. The predicted octanol–water partition coefficient (Wildman–Crippen LogP) is 3.66. The highest BCUT2D eigenvalue weighted by atomic mass is 127. The van der Waals surface area contributed by atoms with Gasteiger partial charge in [0.15, 0.2) is 5.96 Å². The van der Waals surface area contributed by atoms with Gasteiger partial charge in [-0.25, -0.2) is 4.39 Å². The van der Waals surface area contributed by atoms with Crippen molar-refractivity contribution in [3.8, 4) is 11.5 Å². The van der Waals surface area contributed by atoms with Gasteiger partial charge in [0.05, 0.1) is 19.8 Å². The second-order valence-electron chi connectivity index (χ2n) is 6.87. The summed E-state index contributed by atoms with van der Waals surface area (Å²) in [5, 5.41) is 6.48. The Morgan fingerprint density at radius 2 is 2.10 bits per heavy atom. The van der Waals surface area contributed by atoms with E-state index in [1.165, 1.54) is 12.1 Å². The van der Waals surface area contributed by atoms with Crippen molar-refractivity contribution in [3.63, 3.8) is 0 Å². The first kappa shape index (κ1) is 24.2. The Kier molecular flexibility index (Phi) is 10.2. The van der Waals surface area contributed by atoms with Crippen LogP contribution in [0, 0.1) is 12.7 Å². The van der Waals surface area contributed by atoms with Crippen LogP contribution in [0.3, 0.4) is 0 Å². The second kappa shape index (κ2) is 12.6. The van der Waals surface area contributed by atoms with E-state index in [4.69, 9.17) is 14.2 Å². The quantitative estimate of drug-likeness (QED) is 0.237. The van der Waals surface area contributed by atoms with Crippen LogP contribution >= 0.6 is 24.0 Å². The van der Waals surface area contributed by atoms with Gasteiger partial charge in [-0.1, -0.05) is 18.2 Å². The van der Waals surface area contributed by atoms with Crippen molar-refractivity contribution >= 4 is 29.9 Å². The molecule has 1 aliphatic rings. The van der Waals surface area contributed by atoms with Crippen LogP contribution in [0.5, 0.6) is 11.5 Å². The van der Waals surface area contributed by atoms with Crippen LogP contribution in [0.1, 0.15) is 17.5 Å². The normalized spacial score (nSPS) is 16.0. The van der Waals surface area contributed by atoms with Gasteiger partial charge in [-0.2, -0.15) is 0 Å². The zero-order valence-corrected chi connectivity index (χ0v) is 19.6. The lowest BCUT2D eigenvalue weighted by atomic mass is 10.1.